The van der Waals surface area contributed by atoms with Gasteiger partial charge >= 0.3 is 0 Å². The van der Waals surface area contributed by atoms with Crippen molar-refractivity contribution in [2.75, 3.05) is 20.3 Å². The molecule has 11 atom stereocenters. The minimum Gasteiger partial charge on any atom is -0.394 e. The summed E-state index contributed by atoms with van der Waals surface area (Å²) in [4.78, 5) is 0. The lowest BCUT2D eigenvalue weighted by Gasteiger charge is -2.48. The first-order chi connectivity index (χ1) is 14.9. The molecule has 5 N–H and O–H groups in total. The maximum Gasteiger partial charge on any atom is 0.187 e. The highest BCUT2D eigenvalue weighted by atomic mass is 16.8. The van der Waals surface area contributed by atoms with Crippen molar-refractivity contribution in [3.63, 3.8) is 0 Å². The number of ether oxygens (including phenoxy) is 6. The Morgan fingerprint density at radius 3 is 2.29 bits per heavy atom. The first-order valence-electron chi connectivity index (χ1n) is 10.1. The third-order valence-corrected chi connectivity index (χ3v) is 5.75. The van der Waals surface area contributed by atoms with E-state index < -0.39 is 74.3 Å². The van der Waals surface area contributed by atoms with E-state index in [9.17, 15) is 25.5 Å². The van der Waals surface area contributed by atoms with Gasteiger partial charge in [0.2, 0.25) is 0 Å². The molecule has 0 bridgehead atoms. The summed E-state index contributed by atoms with van der Waals surface area (Å²) in [6, 6.07) is 9.16. The number of aliphatic hydroxyl groups excluding tert-OH is 5. The van der Waals surface area contributed by atoms with Crippen LogP contribution >= 0.6 is 0 Å². The molecule has 3 aliphatic heterocycles. The van der Waals surface area contributed by atoms with Crippen molar-refractivity contribution in [2.45, 2.75) is 67.7 Å². The predicted octanol–water partition coefficient (Wildman–Crippen LogP) is -1.98. The van der Waals surface area contributed by atoms with Crippen molar-refractivity contribution in [1.82, 2.24) is 0 Å². The van der Waals surface area contributed by atoms with Crippen LogP contribution in [0.2, 0.25) is 0 Å². The van der Waals surface area contributed by atoms with Gasteiger partial charge in [-0.15, -0.1) is 0 Å². The lowest BCUT2D eigenvalue weighted by atomic mass is 9.96. The summed E-state index contributed by atoms with van der Waals surface area (Å²) in [6.45, 7) is -0.480. The molecule has 31 heavy (non-hydrogen) atoms. The molecule has 0 spiro atoms. The summed E-state index contributed by atoms with van der Waals surface area (Å²) in [5.41, 5.74) is 0.760. The fourth-order valence-corrected chi connectivity index (χ4v) is 4.04. The fraction of sp³-hybridized carbons (Fsp3) is 0.700. The van der Waals surface area contributed by atoms with Crippen LogP contribution < -0.4 is 0 Å². The van der Waals surface area contributed by atoms with Crippen molar-refractivity contribution in [3.8, 4) is 0 Å². The molecule has 3 aliphatic rings. The van der Waals surface area contributed by atoms with Gasteiger partial charge in [0.25, 0.3) is 0 Å². The van der Waals surface area contributed by atoms with E-state index in [2.05, 4.69) is 0 Å². The molecule has 1 aromatic carbocycles. The van der Waals surface area contributed by atoms with Gasteiger partial charge in [-0.3, -0.25) is 0 Å². The van der Waals surface area contributed by atoms with Crippen LogP contribution in [0.1, 0.15) is 11.9 Å². The van der Waals surface area contributed by atoms with E-state index in [1.54, 1.807) is 0 Å². The van der Waals surface area contributed by atoms with E-state index >= 15 is 0 Å². The average molecular weight is 444 g/mol. The first-order valence-corrected chi connectivity index (χ1v) is 10.1. The number of rotatable bonds is 5. The van der Waals surface area contributed by atoms with Crippen LogP contribution in [0, 0.1) is 0 Å². The molecule has 0 aliphatic carbocycles. The van der Waals surface area contributed by atoms with Gasteiger partial charge < -0.3 is 54.0 Å². The maximum atomic E-state index is 10.7. The van der Waals surface area contributed by atoms with Gasteiger partial charge in [-0.1, -0.05) is 30.3 Å². The van der Waals surface area contributed by atoms with Gasteiger partial charge in [-0.2, -0.15) is 0 Å². The molecular formula is C20H28O11. The summed E-state index contributed by atoms with van der Waals surface area (Å²) in [5.74, 6) is 0. The summed E-state index contributed by atoms with van der Waals surface area (Å²) < 4.78 is 33.3. The van der Waals surface area contributed by atoms with Crippen LogP contribution in [0.4, 0.5) is 0 Å². The molecule has 11 heteroatoms. The van der Waals surface area contributed by atoms with Crippen molar-refractivity contribution in [3.05, 3.63) is 35.9 Å². The van der Waals surface area contributed by atoms with E-state index in [1.165, 1.54) is 7.11 Å². The summed E-state index contributed by atoms with van der Waals surface area (Å²) in [7, 11) is 1.28. The summed E-state index contributed by atoms with van der Waals surface area (Å²) in [6.07, 6.45) is -13.1. The lowest BCUT2D eigenvalue weighted by Crippen LogP contribution is -2.65. The molecule has 0 saturated carbocycles. The SMILES string of the molecule is CO[C@@H]1O[C@H](CO)[C@@H](O[C@H]2O[C@@H]3COC(c4ccccc4)O[C@H]3[C@H](O)[C@H]2O)[C@H](O)[C@H]1O. The second-order valence-corrected chi connectivity index (χ2v) is 7.74. The number of hydrogen-bond donors (Lipinski definition) is 5. The van der Waals surface area contributed by atoms with Gasteiger partial charge in [0.05, 0.1) is 13.2 Å². The largest absolute Gasteiger partial charge is 0.394 e. The molecule has 1 aromatic rings. The van der Waals surface area contributed by atoms with Gasteiger partial charge in [-0.05, 0) is 0 Å². The zero-order valence-corrected chi connectivity index (χ0v) is 16.8. The molecule has 0 aromatic heterocycles. The van der Waals surface area contributed by atoms with Crippen LogP contribution in [0.25, 0.3) is 0 Å². The first kappa shape index (κ1) is 23.0. The molecule has 0 radical (unpaired) electrons. The topological polar surface area (TPSA) is 157 Å². The molecule has 3 saturated heterocycles. The minimum atomic E-state index is -1.53. The maximum absolute atomic E-state index is 10.7. The smallest absolute Gasteiger partial charge is 0.187 e. The number of benzene rings is 1. The molecule has 4 rings (SSSR count). The predicted molar refractivity (Wildman–Crippen MR) is 100 cm³/mol. The standard InChI is InChI=1S/C20H28O11/c1-26-19-14(24)12(22)16(10(7-21)28-19)31-20-15(25)13(23)17-11(29-20)8-27-18(30-17)9-5-3-2-4-6-9/h2-6,10-25H,7-8H2,1H3/t10-,11-,12-,13-,14-,15-,16-,17-,18?,19-,20-/m1/s1. The summed E-state index contributed by atoms with van der Waals surface area (Å²) in [5, 5.41) is 51.4. The lowest BCUT2D eigenvalue weighted by molar-refractivity contribution is -0.385. The van der Waals surface area contributed by atoms with Gasteiger partial charge in [-0.25, -0.2) is 0 Å². The zero-order valence-electron chi connectivity index (χ0n) is 16.8. The molecule has 174 valence electrons. The molecule has 1 unspecified atom stereocenters. The van der Waals surface area contributed by atoms with E-state index in [0.717, 1.165) is 5.56 Å². The molecule has 11 nitrogen and oxygen atoms in total. The molecule has 3 heterocycles. The minimum absolute atomic E-state index is 0.0649. The number of methoxy groups -OCH3 is 1. The number of aliphatic hydroxyl groups is 5. The third kappa shape index (κ3) is 4.49. The normalized spacial score (nSPS) is 45.8. The Kier molecular flexibility index (Phi) is 7.20. The molecule has 0 amide bonds. The van der Waals surface area contributed by atoms with E-state index in [-0.39, 0.29) is 6.61 Å². The van der Waals surface area contributed by atoms with Crippen LogP contribution in [0.5, 0.6) is 0 Å². The summed E-state index contributed by atoms with van der Waals surface area (Å²) >= 11 is 0. The second kappa shape index (κ2) is 9.73. The monoisotopic (exact) mass is 444 g/mol. The zero-order chi connectivity index (χ0) is 22.1. The Morgan fingerprint density at radius 2 is 1.61 bits per heavy atom. The van der Waals surface area contributed by atoms with Crippen molar-refractivity contribution in [2.24, 2.45) is 0 Å². The Morgan fingerprint density at radius 1 is 0.903 bits per heavy atom. The molecule has 3 fully saturated rings. The van der Waals surface area contributed by atoms with Gasteiger partial charge in [0.15, 0.2) is 18.9 Å². The quantitative estimate of drug-likeness (QED) is 0.343. The second-order valence-electron chi connectivity index (χ2n) is 7.74. The van der Waals surface area contributed by atoms with E-state index in [4.69, 9.17) is 28.4 Å². The van der Waals surface area contributed by atoms with Crippen LogP contribution in [0.15, 0.2) is 30.3 Å². The van der Waals surface area contributed by atoms with Gasteiger partial charge in [0, 0.05) is 12.7 Å². The number of hydrogen-bond acceptors (Lipinski definition) is 11. The van der Waals surface area contributed by atoms with Crippen LogP contribution in [-0.2, 0) is 28.4 Å². The third-order valence-electron chi connectivity index (χ3n) is 5.75. The number of fused-ring (bicyclic) bond motifs is 1. The van der Waals surface area contributed by atoms with Gasteiger partial charge in [0.1, 0.15) is 48.8 Å². The van der Waals surface area contributed by atoms with E-state index in [0.29, 0.717) is 0 Å². The molecular weight excluding hydrogens is 416 g/mol. The Hall–Kier alpha value is -1.22. The highest BCUT2D eigenvalue weighted by Crippen LogP contribution is 2.35. The Bertz CT molecular complexity index is 702. The van der Waals surface area contributed by atoms with Crippen LogP contribution in [-0.4, -0.2) is 107 Å². The fourth-order valence-electron chi connectivity index (χ4n) is 4.04. The average Bonchev–Trinajstić information content (AvgIpc) is 2.80. The van der Waals surface area contributed by atoms with E-state index in [1.807, 2.05) is 30.3 Å². The van der Waals surface area contributed by atoms with Crippen molar-refractivity contribution < 1.29 is 54.0 Å². The Balaban J connectivity index is 1.44. The Labute approximate surface area is 178 Å². The van der Waals surface area contributed by atoms with Crippen LogP contribution in [0.3, 0.4) is 0 Å². The highest BCUT2D eigenvalue weighted by molar-refractivity contribution is 5.16. The highest BCUT2D eigenvalue weighted by Gasteiger charge is 2.52. The van der Waals surface area contributed by atoms with Crippen molar-refractivity contribution >= 4 is 0 Å². The van der Waals surface area contributed by atoms with Crippen molar-refractivity contribution in [1.29, 1.82) is 0 Å².